The quantitative estimate of drug-likeness (QED) is 0.255. The second kappa shape index (κ2) is 11.9. The maximum absolute atomic E-state index is 10.8. The molecule has 1 unspecified atom stereocenters. The van der Waals surface area contributed by atoms with E-state index < -0.39 is 20.4 Å². The van der Waals surface area contributed by atoms with Crippen molar-refractivity contribution in [2.24, 2.45) is 11.8 Å². The van der Waals surface area contributed by atoms with Crippen molar-refractivity contribution in [1.82, 2.24) is 0 Å². The largest absolute Gasteiger partial charge is 0.481 e. The summed E-state index contributed by atoms with van der Waals surface area (Å²) in [6, 6.07) is 0. The number of aliphatic carboxylic acids is 1. The highest BCUT2D eigenvalue weighted by Gasteiger charge is 2.46. The number of unbranched alkanes of at least 4 members (excludes halogenated alkanes) is 1. The summed E-state index contributed by atoms with van der Waals surface area (Å²) >= 11 is 0. The van der Waals surface area contributed by atoms with Crippen LogP contribution in [0.15, 0.2) is 12.2 Å². The fraction of sp³-hybridized carbons (Fsp3) is 0.875. The van der Waals surface area contributed by atoms with E-state index in [0.717, 1.165) is 38.7 Å². The molecule has 2 N–H and O–H groups in total. The second-order valence-corrected chi connectivity index (χ2v) is 15.5. The minimum Gasteiger partial charge on any atom is -0.481 e. The van der Waals surface area contributed by atoms with Crippen molar-refractivity contribution in [3.63, 3.8) is 0 Å². The van der Waals surface area contributed by atoms with Gasteiger partial charge in [0.05, 0.1) is 12.2 Å². The van der Waals surface area contributed by atoms with Crippen molar-refractivity contribution in [2.75, 3.05) is 13.2 Å². The lowest BCUT2D eigenvalue weighted by molar-refractivity contribution is -0.197. The fourth-order valence-corrected chi connectivity index (χ4v) is 5.19. The average molecular weight is 457 g/mol. The van der Waals surface area contributed by atoms with Gasteiger partial charge in [0.1, 0.15) is 0 Å². The van der Waals surface area contributed by atoms with Crippen LogP contribution in [0.5, 0.6) is 0 Å². The number of hydrogen-bond donors (Lipinski definition) is 2. The lowest BCUT2D eigenvalue weighted by Crippen LogP contribution is -2.44. The van der Waals surface area contributed by atoms with E-state index in [-0.39, 0.29) is 35.7 Å². The first-order chi connectivity index (χ1) is 14.5. The highest BCUT2D eigenvalue weighted by atomic mass is 28.4. The van der Waals surface area contributed by atoms with Gasteiger partial charge in [-0.05, 0) is 62.6 Å². The number of rotatable bonds is 11. The molecule has 1 aliphatic carbocycles. The van der Waals surface area contributed by atoms with Gasteiger partial charge in [-0.25, -0.2) is 0 Å². The van der Waals surface area contributed by atoms with Crippen LogP contribution in [0.3, 0.4) is 0 Å². The van der Waals surface area contributed by atoms with Gasteiger partial charge < -0.3 is 24.1 Å². The summed E-state index contributed by atoms with van der Waals surface area (Å²) in [6.45, 7) is 12.6. The Labute approximate surface area is 189 Å². The number of carboxylic acids is 1. The van der Waals surface area contributed by atoms with Crippen molar-refractivity contribution in [3.05, 3.63) is 12.2 Å². The number of carboxylic acid groups (broad SMARTS) is 1. The number of hydrogen-bond acceptors (Lipinski definition) is 5. The third-order valence-electron chi connectivity index (χ3n) is 7.24. The number of carbonyl (C=O) groups is 1. The van der Waals surface area contributed by atoms with Crippen molar-refractivity contribution in [2.45, 2.75) is 109 Å². The molecule has 1 heterocycles. The SMILES string of the molecule is CC(C)(C)[Si](C)(C)OC[C@H]1[C@@H](CC=CCCCC(=O)O)[C@@H](O)C[C@H]1OC1CCCCO1. The summed E-state index contributed by atoms with van der Waals surface area (Å²) in [5, 5.41) is 19.7. The van der Waals surface area contributed by atoms with Gasteiger partial charge in [0.25, 0.3) is 0 Å². The van der Waals surface area contributed by atoms with E-state index in [1.807, 2.05) is 6.08 Å². The fourth-order valence-electron chi connectivity index (χ4n) is 4.14. The second-order valence-electron chi connectivity index (χ2n) is 10.7. The van der Waals surface area contributed by atoms with Gasteiger partial charge in [-0.2, -0.15) is 0 Å². The first-order valence-corrected chi connectivity index (χ1v) is 14.9. The Kier molecular flexibility index (Phi) is 10.2. The lowest BCUT2D eigenvalue weighted by atomic mass is 9.91. The molecular weight excluding hydrogens is 412 g/mol. The van der Waals surface area contributed by atoms with Crippen molar-refractivity contribution in [1.29, 1.82) is 0 Å². The van der Waals surface area contributed by atoms with Crippen molar-refractivity contribution < 1.29 is 28.9 Å². The first-order valence-electron chi connectivity index (χ1n) is 12.0. The van der Waals surface area contributed by atoms with E-state index >= 15 is 0 Å². The monoisotopic (exact) mass is 456 g/mol. The van der Waals surface area contributed by atoms with Crippen LogP contribution in [0, 0.1) is 11.8 Å². The molecule has 1 saturated heterocycles. The zero-order valence-corrected chi connectivity index (χ0v) is 21.1. The smallest absolute Gasteiger partial charge is 0.303 e. The maximum Gasteiger partial charge on any atom is 0.303 e. The molecule has 0 bridgehead atoms. The van der Waals surface area contributed by atoms with Crippen LogP contribution in [0.1, 0.15) is 72.1 Å². The van der Waals surface area contributed by atoms with Gasteiger partial charge in [-0.1, -0.05) is 32.9 Å². The van der Waals surface area contributed by atoms with Gasteiger partial charge in [-0.3, -0.25) is 4.79 Å². The summed E-state index contributed by atoms with van der Waals surface area (Å²) in [7, 11) is -1.91. The van der Waals surface area contributed by atoms with E-state index in [2.05, 4.69) is 39.9 Å². The van der Waals surface area contributed by atoms with Gasteiger partial charge in [0.15, 0.2) is 14.6 Å². The molecule has 0 aromatic heterocycles. The molecule has 5 atom stereocenters. The van der Waals surface area contributed by atoms with E-state index in [4.69, 9.17) is 19.0 Å². The number of ether oxygens (including phenoxy) is 2. The predicted octanol–water partition coefficient (Wildman–Crippen LogP) is 5.12. The molecule has 0 aromatic rings. The zero-order valence-electron chi connectivity index (χ0n) is 20.1. The molecular formula is C24H44O6Si. The van der Waals surface area contributed by atoms with E-state index in [0.29, 0.717) is 19.4 Å². The molecule has 2 fully saturated rings. The third-order valence-corrected chi connectivity index (χ3v) is 11.7. The summed E-state index contributed by atoms with van der Waals surface area (Å²) in [4.78, 5) is 10.7. The number of allylic oxidation sites excluding steroid dienone is 2. The number of aliphatic hydroxyl groups is 1. The molecule has 0 spiro atoms. The van der Waals surface area contributed by atoms with Gasteiger partial charge in [0, 0.05) is 32.0 Å². The Morgan fingerprint density at radius 2 is 1.94 bits per heavy atom. The summed E-state index contributed by atoms with van der Waals surface area (Å²) in [5.74, 6) is -0.556. The van der Waals surface area contributed by atoms with Crippen LogP contribution in [0.25, 0.3) is 0 Å². The molecule has 7 heteroatoms. The minimum absolute atomic E-state index is 0.0618. The molecule has 1 aliphatic heterocycles. The molecule has 180 valence electrons. The summed E-state index contributed by atoms with van der Waals surface area (Å²) < 4.78 is 18.7. The average Bonchev–Trinajstić information content (AvgIpc) is 2.97. The molecule has 0 amide bonds. The highest BCUT2D eigenvalue weighted by molar-refractivity contribution is 6.74. The Balaban J connectivity index is 2.01. The van der Waals surface area contributed by atoms with Crippen LogP contribution < -0.4 is 0 Å². The minimum atomic E-state index is -1.91. The molecule has 1 saturated carbocycles. The first kappa shape index (κ1) is 26.5. The van der Waals surface area contributed by atoms with Crippen LogP contribution in [0.4, 0.5) is 0 Å². The summed E-state index contributed by atoms with van der Waals surface area (Å²) in [5.41, 5.74) is 0. The topological polar surface area (TPSA) is 85.2 Å². The maximum atomic E-state index is 10.8. The van der Waals surface area contributed by atoms with Crippen molar-refractivity contribution >= 4 is 14.3 Å². The molecule has 0 aromatic carbocycles. The predicted molar refractivity (Wildman–Crippen MR) is 124 cm³/mol. The van der Waals surface area contributed by atoms with E-state index in [1.165, 1.54) is 0 Å². The normalized spacial score (nSPS) is 30.2. The lowest BCUT2D eigenvalue weighted by Gasteiger charge is -2.38. The number of aliphatic hydroxyl groups excluding tert-OH is 1. The molecule has 6 nitrogen and oxygen atoms in total. The van der Waals surface area contributed by atoms with E-state index in [1.54, 1.807) is 0 Å². The zero-order chi connectivity index (χ0) is 23.1. The molecule has 0 radical (unpaired) electrons. The molecule has 31 heavy (non-hydrogen) atoms. The van der Waals surface area contributed by atoms with Crippen LogP contribution in [-0.4, -0.2) is 56.2 Å². The summed E-state index contributed by atoms with van der Waals surface area (Å²) in [6.07, 6.45) is 9.53. The van der Waals surface area contributed by atoms with Crippen molar-refractivity contribution in [3.8, 4) is 0 Å². The van der Waals surface area contributed by atoms with Gasteiger partial charge in [0.2, 0.25) is 0 Å². The van der Waals surface area contributed by atoms with Gasteiger partial charge in [-0.15, -0.1) is 0 Å². The van der Waals surface area contributed by atoms with E-state index in [9.17, 15) is 9.90 Å². The third kappa shape index (κ3) is 8.28. The molecule has 2 aliphatic rings. The van der Waals surface area contributed by atoms with Crippen LogP contribution in [-0.2, 0) is 18.7 Å². The van der Waals surface area contributed by atoms with Gasteiger partial charge >= 0.3 is 5.97 Å². The van der Waals surface area contributed by atoms with Crippen LogP contribution in [0.2, 0.25) is 18.1 Å². The molecule has 2 rings (SSSR count). The Morgan fingerprint density at radius 3 is 2.55 bits per heavy atom. The Bertz CT molecular complexity index is 579. The van der Waals surface area contributed by atoms with Crippen LogP contribution >= 0.6 is 0 Å². The highest BCUT2D eigenvalue weighted by Crippen LogP contribution is 2.42. The Morgan fingerprint density at radius 1 is 1.19 bits per heavy atom. The Hall–Kier alpha value is -0.733. The standard InChI is InChI=1S/C24H44O6Si/c1-24(2,3)31(4,5)29-17-19-18(12-8-6-7-9-13-22(26)27)20(25)16-21(19)30-23-14-10-11-15-28-23/h6,8,18-21,23,25H,7,9-17H2,1-5H3,(H,26,27)/t18-,19+,20+,21-,23?/m1/s1.